The smallest absolute Gasteiger partial charge is 0.255 e. The predicted molar refractivity (Wildman–Crippen MR) is 94.3 cm³/mol. The topological polar surface area (TPSA) is 83.5 Å². The minimum Gasteiger partial charge on any atom is -0.324 e. The molecule has 1 aromatic heterocycles. The number of Topliss-reactive ketones (excluding diaryl/α,β-unsaturated/α-hetero) is 1. The Bertz CT molecular complexity index is 932. The average molecular weight is 364 g/mol. The number of carbonyl (C=O) groups excluding carboxylic acids is 2. The molecule has 0 saturated heterocycles. The molecule has 0 bridgehead atoms. The summed E-state index contributed by atoms with van der Waals surface area (Å²) >= 11 is 1.24. The van der Waals surface area contributed by atoms with Crippen molar-refractivity contribution in [3.63, 3.8) is 0 Å². The Morgan fingerprint density at radius 3 is 2.46 bits per heavy atom. The van der Waals surface area contributed by atoms with Crippen molar-refractivity contribution in [2.45, 2.75) is 19.1 Å². The second-order valence-electron chi connectivity index (χ2n) is 5.58. The van der Waals surface area contributed by atoms with Crippen molar-refractivity contribution in [3.05, 3.63) is 46.3 Å². The fourth-order valence-corrected chi connectivity index (χ4v) is 5.45. The maximum absolute atomic E-state index is 12.8. The van der Waals surface area contributed by atoms with Gasteiger partial charge in [0.1, 0.15) is 5.00 Å². The fraction of sp³-hybridized carbons (Fsp3) is 0.250. The van der Waals surface area contributed by atoms with E-state index < -0.39 is 27.0 Å². The second kappa shape index (κ2) is 5.71. The van der Waals surface area contributed by atoms with Crippen molar-refractivity contribution in [1.82, 2.24) is 0 Å². The number of ketones is 1. The van der Waals surface area contributed by atoms with Gasteiger partial charge in [-0.3, -0.25) is 13.9 Å². The van der Waals surface area contributed by atoms with Crippen LogP contribution in [-0.4, -0.2) is 32.4 Å². The Balaban J connectivity index is 2.06. The molecule has 0 saturated carbocycles. The fourth-order valence-electron chi connectivity index (χ4n) is 2.64. The van der Waals surface area contributed by atoms with Crippen molar-refractivity contribution in [2.24, 2.45) is 0 Å². The lowest BCUT2D eigenvalue weighted by atomic mass is 10.0. The van der Waals surface area contributed by atoms with E-state index in [9.17, 15) is 18.0 Å². The first-order valence-corrected chi connectivity index (χ1v) is 9.55. The number of hydrogen-bond donors (Lipinski definition) is 1. The zero-order valence-corrected chi connectivity index (χ0v) is 15.0. The molecular formula is C16H16N2O4S2. The number of fused-ring (bicyclic) bond motifs is 1. The quantitative estimate of drug-likeness (QED) is 0.829. The third-order valence-electron chi connectivity index (χ3n) is 4.10. The van der Waals surface area contributed by atoms with Gasteiger partial charge in [0.2, 0.25) is 5.25 Å². The van der Waals surface area contributed by atoms with E-state index in [4.69, 9.17) is 0 Å². The van der Waals surface area contributed by atoms with Gasteiger partial charge >= 0.3 is 0 Å². The largest absolute Gasteiger partial charge is 0.324 e. The van der Waals surface area contributed by atoms with Gasteiger partial charge in [-0.15, -0.1) is 11.3 Å². The summed E-state index contributed by atoms with van der Waals surface area (Å²) in [6.07, 6.45) is 0. The van der Waals surface area contributed by atoms with E-state index in [1.165, 1.54) is 18.4 Å². The minimum atomic E-state index is -4.11. The van der Waals surface area contributed by atoms with E-state index >= 15 is 0 Å². The van der Waals surface area contributed by atoms with E-state index in [1.54, 1.807) is 37.3 Å². The maximum atomic E-state index is 12.8. The minimum absolute atomic E-state index is 0.322. The lowest BCUT2D eigenvalue weighted by Gasteiger charge is -2.29. The van der Waals surface area contributed by atoms with Crippen molar-refractivity contribution in [1.29, 1.82) is 0 Å². The predicted octanol–water partition coefficient (Wildman–Crippen LogP) is 2.33. The molecule has 0 aliphatic carbocycles. The number of benzene rings is 1. The molecule has 2 aromatic rings. The first-order valence-electron chi connectivity index (χ1n) is 7.23. The lowest BCUT2D eigenvalue weighted by Crippen LogP contribution is -2.51. The van der Waals surface area contributed by atoms with Gasteiger partial charge in [-0.25, -0.2) is 8.42 Å². The van der Waals surface area contributed by atoms with Crippen LogP contribution in [0.15, 0.2) is 30.3 Å². The molecule has 0 fully saturated rings. The number of aryl methyl sites for hydroxylation is 1. The normalized spacial score (nSPS) is 19.0. The van der Waals surface area contributed by atoms with Gasteiger partial charge in [0.05, 0.1) is 5.56 Å². The van der Waals surface area contributed by atoms with Gasteiger partial charge in [0, 0.05) is 17.6 Å². The van der Waals surface area contributed by atoms with Gasteiger partial charge in [-0.2, -0.15) is 0 Å². The molecule has 126 valence electrons. The second-order valence-corrected chi connectivity index (χ2v) is 8.83. The van der Waals surface area contributed by atoms with Crippen LogP contribution < -0.4 is 9.62 Å². The van der Waals surface area contributed by atoms with Crippen LogP contribution in [0.4, 0.5) is 10.7 Å². The van der Waals surface area contributed by atoms with E-state index in [2.05, 4.69) is 5.32 Å². The number of sulfonamides is 1. The molecule has 0 radical (unpaired) electrons. The molecule has 1 unspecified atom stereocenters. The number of anilines is 2. The third kappa shape index (κ3) is 2.42. The van der Waals surface area contributed by atoms with Crippen molar-refractivity contribution in [3.8, 4) is 0 Å². The number of amides is 1. The summed E-state index contributed by atoms with van der Waals surface area (Å²) in [5.41, 5.74) is 1.49. The molecular weight excluding hydrogens is 348 g/mol. The Kier molecular flexibility index (Phi) is 3.97. The molecule has 1 amide bonds. The summed E-state index contributed by atoms with van der Waals surface area (Å²) < 4.78 is 26.4. The van der Waals surface area contributed by atoms with Gasteiger partial charge in [0.15, 0.2) is 5.78 Å². The summed E-state index contributed by atoms with van der Waals surface area (Å²) in [5.74, 6) is -1.51. The van der Waals surface area contributed by atoms with Crippen LogP contribution in [0.25, 0.3) is 0 Å². The Hall–Kier alpha value is -2.19. The first-order chi connectivity index (χ1) is 11.2. The monoisotopic (exact) mass is 364 g/mol. The summed E-state index contributed by atoms with van der Waals surface area (Å²) in [6, 6.07) is 8.46. The molecule has 1 atom stereocenters. The van der Waals surface area contributed by atoms with Crippen molar-refractivity contribution < 1.29 is 18.0 Å². The Morgan fingerprint density at radius 1 is 1.21 bits per heavy atom. The van der Waals surface area contributed by atoms with E-state index in [-0.39, 0.29) is 0 Å². The molecule has 1 aromatic carbocycles. The molecule has 1 N–H and O–H groups in total. The average Bonchev–Trinajstić information content (AvgIpc) is 2.82. The summed E-state index contributed by atoms with van der Waals surface area (Å²) in [7, 11) is -2.73. The highest BCUT2D eigenvalue weighted by Crippen LogP contribution is 2.41. The molecule has 8 heteroatoms. The molecule has 0 spiro atoms. The van der Waals surface area contributed by atoms with Crippen LogP contribution in [0.2, 0.25) is 0 Å². The van der Waals surface area contributed by atoms with Gasteiger partial charge in [-0.1, -0.05) is 18.2 Å². The first kappa shape index (κ1) is 16.7. The van der Waals surface area contributed by atoms with Crippen LogP contribution in [0, 0.1) is 13.8 Å². The van der Waals surface area contributed by atoms with Crippen LogP contribution in [0.3, 0.4) is 0 Å². The van der Waals surface area contributed by atoms with Gasteiger partial charge in [0.25, 0.3) is 15.9 Å². The maximum Gasteiger partial charge on any atom is 0.255 e. The van der Waals surface area contributed by atoms with E-state index in [0.29, 0.717) is 16.3 Å². The molecule has 2 heterocycles. The molecule has 3 rings (SSSR count). The summed E-state index contributed by atoms with van der Waals surface area (Å²) in [6.45, 7) is 3.59. The Morgan fingerprint density at radius 2 is 1.83 bits per heavy atom. The number of rotatable bonds is 2. The lowest BCUT2D eigenvalue weighted by molar-refractivity contribution is -0.115. The van der Waals surface area contributed by atoms with Gasteiger partial charge < -0.3 is 5.32 Å². The Labute approximate surface area is 144 Å². The standard InChI is InChI=1S/C16H16N2O4S2/c1-9-10(2)23-16-12(9)13(19)14(24(21,22)18(16)3)15(20)17-11-7-5-4-6-8-11/h4-8,14H,1-3H3,(H,17,20). The van der Waals surface area contributed by atoms with Crippen LogP contribution in [0.5, 0.6) is 0 Å². The molecule has 1 aliphatic rings. The number of thiophene rings is 1. The van der Waals surface area contributed by atoms with Crippen LogP contribution >= 0.6 is 11.3 Å². The van der Waals surface area contributed by atoms with E-state index in [1.807, 2.05) is 6.92 Å². The zero-order chi connectivity index (χ0) is 17.6. The highest BCUT2D eigenvalue weighted by atomic mass is 32.2. The zero-order valence-electron chi connectivity index (χ0n) is 13.4. The highest BCUT2D eigenvalue weighted by Gasteiger charge is 2.49. The highest BCUT2D eigenvalue weighted by molar-refractivity contribution is 7.95. The van der Waals surface area contributed by atoms with Crippen LogP contribution in [0.1, 0.15) is 20.8 Å². The molecule has 1 aliphatic heterocycles. The SMILES string of the molecule is Cc1sc2c(c1C)C(=O)C(C(=O)Nc1ccccc1)S(=O)(=O)N2C. The summed E-state index contributed by atoms with van der Waals surface area (Å²) in [4.78, 5) is 26.2. The molecule has 6 nitrogen and oxygen atoms in total. The molecule has 24 heavy (non-hydrogen) atoms. The number of carbonyl (C=O) groups is 2. The van der Waals surface area contributed by atoms with Crippen molar-refractivity contribution in [2.75, 3.05) is 16.7 Å². The number of para-hydroxylation sites is 1. The third-order valence-corrected chi connectivity index (χ3v) is 7.47. The van der Waals surface area contributed by atoms with Crippen LogP contribution in [-0.2, 0) is 14.8 Å². The number of hydrogen-bond acceptors (Lipinski definition) is 5. The number of nitrogens with one attached hydrogen (secondary N) is 1. The number of nitrogens with zero attached hydrogens (tertiary/aromatic N) is 1. The van der Waals surface area contributed by atoms with Crippen molar-refractivity contribution >= 4 is 43.7 Å². The van der Waals surface area contributed by atoms with Gasteiger partial charge in [-0.05, 0) is 31.5 Å². The van der Waals surface area contributed by atoms with E-state index in [0.717, 1.165) is 14.7 Å². The summed E-state index contributed by atoms with van der Waals surface area (Å²) in [5, 5.41) is 1.11.